The summed E-state index contributed by atoms with van der Waals surface area (Å²) in [6, 6.07) is 0. The van der Waals surface area contributed by atoms with Gasteiger partial charge in [-0.2, -0.15) is 0 Å². The Morgan fingerprint density at radius 3 is 3.00 bits per heavy atom. The van der Waals surface area contributed by atoms with Crippen molar-refractivity contribution in [3.05, 3.63) is 6.10 Å². The summed E-state index contributed by atoms with van der Waals surface area (Å²) in [5.41, 5.74) is 0. The Morgan fingerprint density at radius 1 is 1.56 bits per heavy atom. The Hall–Kier alpha value is -0.0800. The van der Waals surface area contributed by atoms with Gasteiger partial charge in [-0.05, 0) is 25.7 Å². The fraction of sp³-hybridized carbons (Fsp3) is 0.857. The van der Waals surface area contributed by atoms with E-state index in [1.165, 1.54) is 12.5 Å². The molecule has 1 heterocycles. The van der Waals surface area contributed by atoms with Gasteiger partial charge in [0.25, 0.3) is 0 Å². The molecule has 1 radical (unpaired) electrons. The van der Waals surface area contributed by atoms with Gasteiger partial charge in [0.15, 0.2) is 0 Å². The molecule has 1 saturated heterocycles. The molecule has 2 nitrogen and oxygen atoms in total. The third-order valence-electron chi connectivity index (χ3n) is 1.52. The molecule has 53 valence electrons. The second kappa shape index (κ2) is 3.85. The molecule has 0 bridgehead atoms. The number of hydrogen-bond acceptors (Lipinski definition) is 2. The van der Waals surface area contributed by atoms with E-state index >= 15 is 0 Å². The highest BCUT2D eigenvalue weighted by Crippen LogP contribution is 2.23. The van der Waals surface area contributed by atoms with Crippen molar-refractivity contribution in [2.24, 2.45) is 0 Å². The third-order valence-corrected chi connectivity index (χ3v) is 1.52. The van der Waals surface area contributed by atoms with Gasteiger partial charge < -0.3 is 9.84 Å². The summed E-state index contributed by atoms with van der Waals surface area (Å²) in [5, 5.41) is 8.46. The van der Waals surface area contributed by atoms with E-state index < -0.39 is 0 Å². The van der Waals surface area contributed by atoms with Gasteiger partial charge in [0.2, 0.25) is 0 Å². The van der Waals surface area contributed by atoms with Gasteiger partial charge in [-0.15, -0.1) is 0 Å². The number of hydrogen-bond donors (Lipinski definition) is 1. The maximum Gasteiger partial charge on any atom is 0.0972 e. The quantitative estimate of drug-likeness (QED) is 0.618. The van der Waals surface area contributed by atoms with Gasteiger partial charge in [-0.1, -0.05) is 0 Å². The molecule has 1 N–H and O–H groups in total. The van der Waals surface area contributed by atoms with E-state index in [1.807, 2.05) is 0 Å². The highest BCUT2D eigenvalue weighted by Gasteiger charge is 2.15. The lowest BCUT2D eigenvalue weighted by molar-refractivity contribution is 0.178. The molecule has 0 atom stereocenters. The van der Waals surface area contributed by atoms with E-state index in [2.05, 4.69) is 0 Å². The molecule has 0 spiro atoms. The van der Waals surface area contributed by atoms with Crippen LogP contribution in [0.25, 0.3) is 0 Å². The molecule has 0 amide bonds. The lowest BCUT2D eigenvalue weighted by Crippen LogP contribution is -1.95. The first-order chi connectivity index (χ1) is 4.43. The molecule has 2 heteroatoms. The van der Waals surface area contributed by atoms with E-state index in [1.54, 1.807) is 0 Å². The molecular formula is C7H13O2. The molecular weight excluding hydrogens is 116 g/mol. The predicted molar refractivity (Wildman–Crippen MR) is 34.7 cm³/mol. The van der Waals surface area contributed by atoms with E-state index in [0.29, 0.717) is 0 Å². The Morgan fingerprint density at radius 2 is 2.44 bits per heavy atom. The summed E-state index contributed by atoms with van der Waals surface area (Å²) in [5.74, 6) is 0. The number of aliphatic hydroxyl groups excluding tert-OH is 1. The summed E-state index contributed by atoms with van der Waals surface area (Å²) in [6.45, 7) is 1.17. The predicted octanol–water partition coefficient (Wildman–Crippen LogP) is 1.10. The van der Waals surface area contributed by atoms with E-state index in [0.717, 1.165) is 25.9 Å². The summed E-state index contributed by atoms with van der Waals surface area (Å²) < 4.78 is 5.26. The molecule has 0 saturated carbocycles. The maximum absolute atomic E-state index is 8.46. The normalized spacial score (nSPS) is 21.0. The molecule has 0 aromatic heterocycles. The van der Waals surface area contributed by atoms with Crippen LogP contribution in [0.2, 0.25) is 0 Å². The van der Waals surface area contributed by atoms with Crippen LogP contribution >= 0.6 is 0 Å². The lowest BCUT2D eigenvalue weighted by Gasteiger charge is -2.04. The van der Waals surface area contributed by atoms with Gasteiger partial charge in [0.05, 0.1) is 6.10 Å². The van der Waals surface area contributed by atoms with Crippen LogP contribution in [0.15, 0.2) is 0 Å². The van der Waals surface area contributed by atoms with Crippen LogP contribution in [0, 0.1) is 6.10 Å². The van der Waals surface area contributed by atoms with Crippen LogP contribution in [0.3, 0.4) is 0 Å². The van der Waals surface area contributed by atoms with Crippen molar-refractivity contribution in [3.63, 3.8) is 0 Å². The van der Waals surface area contributed by atoms with Gasteiger partial charge in [0.1, 0.15) is 0 Å². The minimum absolute atomic E-state index is 0.285. The van der Waals surface area contributed by atoms with Crippen LogP contribution in [0.4, 0.5) is 0 Å². The molecule has 1 fully saturated rings. The molecule has 0 aliphatic carbocycles. The Bertz CT molecular complexity index is 67.3. The second-order valence-electron chi connectivity index (χ2n) is 2.32. The maximum atomic E-state index is 8.46. The molecule has 1 rings (SSSR count). The molecule has 1 aliphatic heterocycles. The molecule has 0 aromatic rings. The van der Waals surface area contributed by atoms with Gasteiger partial charge in [0, 0.05) is 13.2 Å². The zero-order chi connectivity index (χ0) is 6.53. The van der Waals surface area contributed by atoms with Crippen LogP contribution in [-0.4, -0.2) is 18.3 Å². The van der Waals surface area contributed by atoms with Crippen LogP contribution < -0.4 is 0 Å². The summed E-state index contributed by atoms with van der Waals surface area (Å²) in [7, 11) is 0. The minimum Gasteiger partial charge on any atom is -0.396 e. The van der Waals surface area contributed by atoms with Gasteiger partial charge >= 0.3 is 0 Å². The van der Waals surface area contributed by atoms with Gasteiger partial charge in [-0.3, -0.25) is 0 Å². The molecule has 0 aromatic carbocycles. The first-order valence-corrected chi connectivity index (χ1v) is 3.52. The Balaban J connectivity index is 1.98. The highest BCUT2D eigenvalue weighted by molar-refractivity contribution is 4.82. The van der Waals surface area contributed by atoms with Crippen molar-refractivity contribution >= 4 is 0 Å². The van der Waals surface area contributed by atoms with Crippen molar-refractivity contribution in [3.8, 4) is 0 Å². The topological polar surface area (TPSA) is 29.5 Å². The van der Waals surface area contributed by atoms with Crippen LogP contribution in [0.5, 0.6) is 0 Å². The average molecular weight is 129 g/mol. The third kappa shape index (κ3) is 2.33. The highest BCUT2D eigenvalue weighted by atomic mass is 16.5. The fourth-order valence-electron chi connectivity index (χ4n) is 1.03. The number of ether oxygens (including phenoxy) is 1. The zero-order valence-electron chi connectivity index (χ0n) is 5.60. The van der Waals surface area contributed by atoms with E-state index in [4.69, 9.17) is 9.84 Å². The van der Waals surface area contributed by atoms with E-state index in [-0.39, 0.29) is 6.61 Å². The average Bonchev–Trinajstić information content (AvgIpc) is 2.34. The summed E-state index contributed by atoms with van der Waals surface area (Å²) >= 11 is 0. The van der Waals surface area contributed by atoms with Crippen LogP contribution in [-0.2, 0) is 4.74 Å². The van der Waals surface area contributed by atoms with Crippen molar-refractivity contribution in [1.29, 1.82) is 0 Å². The first-order valence-electron chi connectivity index (χ1n) is 3.52. The molecule has 9 heavy (non-hydrogen) atoms. The van der Waals surface area contributed by atoms with Crippen molar-refractivity contribution < 1.29 is 9.84 Å². The lowest BCUT2D eigenvalue weighted by atomic mass is 10.1. The summed E-state index contributed by atoms with van der Waals surface area (Å²) in [6.07, 6.45) is 5.27. The smallest absolute Gasteiger partial charge is 0.0972 e. The zero-order valence-corrected chi connectivity index (χ0v) is 5.60. The van der Waals surface area contributed by atoms with Crippen molar-refractivity contribution in [1.82, 2.24) is 0 Å². The largest absolute Gasteiger partial charge is 0.396 e. The van der Waals surface area contributed by atoms with Crippen molar-refractivity contribution in [2.45, 2.75) is 25.7 Å². The SMILES string of the molecule is OCCC[C]1CCCO1. The number of aliphatic hydroxyl groups is 1. The Labute approximate surface area is 55.8 Å². The minimum atomic E-state index is 0.285. The van der Waals surface area contributed by atoms with Crippen molar-refractivity contribution in [2.75, 3.05) is 13.2 Å². The monoisotopic (exact) mass is 129 g/mol. The molecule has 0 unspecified atom stereocenters. The second-order valence-corrected chi connectivity index (χ2v) is 2.32. The number of rotatable bonds is 3. The van der Waals surface area contributed by atoms with Gasteiger partial charge in [-0.25, -0.2) is 0 Å². The molecule has 1 aliphatic rings. The van der Waals surface area contributed by atoms with E-state index in [9.17, 15) is 0 Å². The van der Waals surface area contributed by atoms with Crippen LogP contribution in [0.1, 0.15) is 25.7 Å². The first kappa shape index (κ1) is 7.03. The summed E-state index contributed by atoms with van der Waals surface area (Å²) in [4.78, 5) is 0. The standard InChI is InChI=1S/C7H13O2/c8-5-1-3-7-4-2-6-9-7/h8H,1-6H2. The Kier molecular flexibility index (Phi) is 3.01. The fourth-order valence-corrected chi connectivity index (χ4v) is 1.03.